The maximum atomic E-state index is 14.2. The van der Waals surface area contributed by atoms with Gasteiger partial charge in [0.1, 0.15) is 11.9 Å². The highest BCUT2D eigenvalue weighted by molar-refractivity contribution is 5.90. The summed E-state index contributed by atoms with van der Waals surface area (Å²) in [6.07, 6.45) is 1.12. The van der Waals surface area contributed by atoms with Crippen LogP contribution in [0.4, 0.5) is 14.5 Å². The highest BCUT2D eigenvalue weighted by Crippen LogP contribution is 2.49. The molecule has 2 aromatic rings. The van der Waals surface area contributed by atoms with E-state index in [0.29, 0.717) is 16.7 Å². The number of hydrogen-bond acceptors (Lipinski definition) is 3. The summed E-state index contributed by atoms with van der Waals surface area (Å²) in [5.74, 6) is -1.55. The average Bonchev–Trinajstić information content (AvgIpc) is 2.52. The fourth-order valence-electron chi connectivity index (χ4n) is 3.80. The van der Waals surface area contributed by atoms with Crippen molar-refractivity contribution in [2.24, 2.45) is 0 Å². The number of allylic oxidation sites excluding steroid dienone is 1. The summed E-state index contributed by atoms with van der Waals surface area (Å²) in [4.78, 5) is 0. The van der Waals surface area contributed by atoms with Gasteiger partial charge in [0, 0.05) is 28.4 Å². The lowest BCUT2D eigenvalue weighted by Gasteiger charge is -2.35. The van der Waals surface area contributed by atoms with E-state index in [2.05, 4.69) is 31.3 Å². The summed E-state index contributed by atoms with van der Waals surface area (Å²) in [7, 11) is 0. The Morgan fingerprint density at radius 2 is 1.96 bits per heavy atom. The van der Waals surface area contributed by atoms with Crippen molar-refractivity contribution in [3.05, 3.63) is 53.1 Å². The molecular formula is C20H16F2N2O. The molecule has 0 saturated heterocycles. The number of hydrogen-bond donors (Lipinski definition) is 1. The second kappa shape index (κ2) is 5.06. The highest BCUT2D eigenvalue weighted by atomic mass is 19.1. The van der Waals surface area contributed by atoms with Crippen molar-refractivity contribution in [1.82, 2.24) is 0 Å². The third kappa shape index (κ3) is 2.29. The van der Waals surface area contributed by atoms with Gasteiger partial charge in [0.15, 0.2) is 11.6 Å². The Hall–Kier alpha value is -2.87. The van der Waals surface area contributed by atoms with Crippen LogP contribution in [0.3, 0.4) is 0 Å². The molecule has 0 aromatic heterocycles. The zero-order chi connectivity index (χ0) is 17.9. The molecule has 5 heteroatoms. The SMILES string of the molecule is CC1=CC(C)(C)Nc2ccc3c(c21)C(C#N)Oc1c(F)cc(F)cc1-3. The number of anilines is 1. The van der Waals surface area contributed by atoms with Crippen LogP contribution in [0.1, 0.15) is 38.0 Å². The van der Waals surface area contributed by atoms with Crippen LogP contribution in [0, 0.1) is 23.0 Å². The second-order valence-electron chi connectivity index (χ2n) is 7.01. The molecule has 1 unspecified atom stereocenters. The van der Waals surface area contributed by atoms with Crippen molar-refractivity contribution in [3.63, 3.8) is 0 Å². The predicted octanol–water partition coefficient (Wildman–Crippen LogP) is 5.20. The number of rotatable bonds is 0. The number of fused-ring (bicyclic) bond motifs is 5. The summed E-state index contributed by atoms with van der Waals surface area (Å²) in [5, 5.41) is 13.0. The first kappa shape index (κ1) is 15.6. The van der Waals surface area contributed by atoms with Crippen LogP contribution >= 0.6 is 0 Å². The van der Waals surface area contributed by atoms with Gasteiger partial charge in [0.25, 0.3) is 0 Å². The summed E-state index contributed by atoms with van der Waals surface area (Å²) < 4.78 is 33.5. The fourth-order valence-corrected chi connectivity index (χ4v) is 3.80. The molecule has 0 radical (unpaired) electrons. The van der Waals surface area contributed by atoms with Gasteiger partial charge >= 0.3 is 0 Å². The Kier molecular flexibility index (Phi) is 3.17. The Morgan fingerprint density at radius 3 is 2.68 bits per heavy atom. The molecule has 25 heavy (non-hydrogen) atoms. The first-order valence-corrected chi connectivity index (χ1v) is 8.01. The third-order valence-corrected chi connectivity index (χ3v) is 4.59. The zero-order valence-electron chi connectivity index (χ0n) is 14.1. The molecule has 1 N–H and O–H groups in total. The summed E-state index contributed by atoms with van der Waals surface area (Å²) in [6.45, 7) is 6.08. The largest absolute Gasteiger partial charge is 0.467 e. The normalized spacial score (nSPS) is 19.4. The van der Waals surface area contributed by atoms with Gasteiger partial charge in [-0.2, -0.15) is 5.26 Å². The summed E-state index contributed by atoms with van der Waals surface area (Å²) in [6, 6.07) is 7.79. The lowest BCUT2D eigenvalue weighted by atomic mass is 9.82. The summed E-state index contributed by atoms with van der Waals surface area (Å²) >= 11 is 0. The second-order valence-corrected chi connectivity index (χ2v) is 7.01. The van der Waals surface area contributed by atoms with Crippen LogP contribution in [-0.2, 0) is 0 Å². The van der Waals surface area contributed by atoms with E-state index in [1.165, 1.54) is 6.07 Å². The van der Waals surface area contributed by atoms with Gasteiger partial charge in [0.2, 0.25) is 6.10 Å². The molecule has 0 fully saturated rings. The molecule has 2 aromatic carbocycles. The molecular weight excluding hydrogens is 322 g/mol. The predicted molar refractivity (Wildman–Crippen MR) is 92.1 cm³/mol. The number of benzene rings is 2. The molecule has 0 aliphatic carbocycles. The van der Waals surface area contributed by atoms with Crippen LogP contribution in [0.2, 0.25) is 0 Å². The van der Waals surface area contributed by atoms with Crippen LogP contribution < -0.4 is 10.1 Å². The van der Waals surface area contributed by atoms with Crippen LogP contribution in [0.25, 0.3) is 16.7 Å². The molecule has 3 nitrogen and oxygen atoms in total. The van der Waals surface area contributed by atoms with Gasteiger partial charge in [-0.15, -0.1) is 0 Å². The molecule has 2 aliphatic heterocycles. The van der Waals surface area contributed by atoms with Crippen LogP contribution in [0.5, 0.6) is 5.75 Å². The average molecular weight is 338 g/mol. The summed E-state index contributed by atoms with van der Waals surface area (Å²) in [5.41, 5.74) is 4.12. The van der Waals surface area contributed by atoms with Crippen molar-refractivity contribution in [2.45, 2.75) is 32.4 Å². The lowest BCUT2D eigenvalue weighted by Crippen LogP contribution is -2.32. The van der Waals surface area contributed by atoms with Crippen molar-refractivity contribution in [1.29, 1.82) is 5.26 Å². The van der Waals surface area contributed by atoms with Gasteiger partial charge in [-0.1, -0.05) is 12.1 Å². The lowest BCUT2D eigenvalue weighted by molar-refractivity contribution is 0.245. The zero-order valence-corrected chi connectivity index (χ0v) is 14.1. The monoisotopic (exact) mass is 338 g/mol. The minimum atomic E-state index is -0.955. The first-order chi connectivity index (χ1) is 11.8. The number of ether oxygens (including phenoxy) is 1. The smallest absolute Gasteiger partial charge is 0.210 e. The van der Waals surface area contributed by atoms with Gasteiger partial charge < -0.3 is 10.1 Å². The van der Waals surface area contributed by atoms with E-state index < -0.39 is 17.7 Å². The van der Waals surface area contributed by atoms with Gasteiger partial charge in [0.05, 0.1) is 5.54 Å². The Balaban J connectivity index is 2.05. The van der Waals surface area contributed by atoms with Crippen molar-refractivity contribution < 1.29 is 13.5 Å². The minimum absolute atomic E-state index is 0.0777. The Bertz CT molecular complexity index is 986. The first-order valence-electron chi connectivity index (χ1n) is 8.01. The van der Waals surface area contributed by atoms with E-state index in [1.54, 1.807) is 6.07 Å². The molecule has 0 saturated carbocycles. The highest BCUT2D eigenvalue weighted by Gasteiger charge is 2.35. The number of nitriles is 1. The third-order valence-electron chi connectivity index (χ3n) is 4.59. The maximum Gasteiger partial charge on any atom is 0.210 e. The van der Waals surface area contributed by atoms with E-state index in [9.17, 15) is 14.0 Å². The van der Waals surface area contributed by atoms with Crippen molar-refractivity contribution >= 4 is 11.3 Å². The van der Waals surface area contributed by atoms with Gasteiger partial charge in [-0.25, -0.2) is 8.78 Å². The van der Waals surface area contributed by atoms with Gasteiger partial charge in [-0.05, 0) is 44.0 Å². The number of nitrogens with zero attached hydrogens (tertiary/aromatic N) is 1. The van der Waals surface area contributed by atoms with Gasteiger partial charge in [-0.3, -0.25) is 0 Å². The molecule has 2 aliphatic rings. The maximum absolute atomic E-state index is 14.2. The van der Waals surface area contributed by atoms with E-state index in [4.69, 9.17) is 4.74 Å². The van der Waals surface area contributed by atoms with Crippen LogP contribution in [0.15, 0.2) is 30.3 Å². The fraction of sp³-hybridized carbons (Fsp3) is 0.250. The van der Waals surface area contributed by atoms with E-state index in [0.717, 1.165) is 22.9 Å². The quantitative estimate of drug-likeness (QED) is 0.718. The molecule has 0 spiro atoms. The number of halogens is 2. The van der Waals surface area contributed by atoms with Crippen molar-refractivity contribution in [3.8, 4) is 22.9 Å². The molecule has 1 atom stereocenters. The molecule has 2 heterocycles. The number of nitrogens with one attached hydrogen (secondary N) is 1. The molecule has 4 rings (SSSR count). The van der Waals surface area contributed by atoms with Crippen molar-refractivity contribution in [2.75, 3.05) is 5.32 Å². The van der Waals surface area contributed by atoms with E-state index >= 15 is 0 Å². The standard InChI is InChI=1S/C20H16F2N2O/c1-10-8-20(2,3)24-15-5-4-12-13-6-11(21)7-14(22)19(13)25-16(9-23)18(12)17(10)15/h4-8,16,24H,1-3H3. The molecule has 0 bridgehead atoms. The Morgan fingerprint density at radius 1 is 1.20 bits per heavy atom. The Labute approximate surface area is 144 Å². The minimum Gasteiger partial charge on any atom is -0.467 e. The van der Waals surface area contributed by atoms with E-state index in [-0.39, 0.29) is 11.3 Å². The van der Waals surface area contributed by atoms with E-state index in [1.807, 2.05) is 13.0 Å². The topological polar surface area (TPSA) is 45.0 Å². The molecule has 0 amide bonds. The molecule has 126 valence electrons. The van der Waals surface area contributed by atoms with Crippen LogP contribution in [-0.4, -0.2) is 5.54 Å².